The Kier molecular flexibility index (Phi) is 4.83. The van der Waals surface area contributed by atoms with E-state index < -0.39 is 0 Å². The molecule has 3 aromatic carbocycles. The zero-order valence-corrected chi connectivity index (χ0v) is 16.9. The minimum Gasteiger partial charge on any atom is -0.288 e. The smallest absolute Gasteiger partial charge is 0.197 e. The summed E-state index contributed by atoms with van der Waals surface area (Å²) >= 11 is 1.59. The number of nitrogens with zero attached hydrogens (tertiary/aromatic N) is 2. The molecule has 4 heteroatoms. The van der Waals surface area contributed by atoms with Crippen molar-refractivity contribution in [2.24, 2.45) is 0 Å². The molecule has 2 heterocycles. The minimum atomic E-state index is -0.0277. The number of ketones is 1. The lowest BCUT2D eigenvalue weighted by molar-refractivity contribution is 0.104. The molecular weight excluding hydrogens is 388 g/mol. The molecule has 0 saturated heterocycles. The van der Waals surface area contributed by atoms with Crippen molar-refractivity contribution in [3.63, 3.8) is 0 Å². The Labute approximate surface area is 178 Å². The molecule has 2 aromatic heterocycles. The molecule has 0 aliphatic rings. The summed E-state index contributed by atoms with van der Waals surface area (Å²) in [5.74, 6) is -0.0277. The molecule has 0 unspecified atom stereocenters. The van der Waals surface area contributed by atoms with Crippen LogP contribution < -0.4 is 0 Å². The molecule has 0 N–H and O–H groups in total. The van der Waals surface area contributed by atoms with Gasteiger partial charge in [-0.15, -0.1) is 11.3 Å². The first kappa shape index (κ1) is 18.3. The Morgan fingerprint density at radius 3 is 2.00 bits per heavy atom. The second-order valence-corrected chi connectivity index (χ2v) is 7.81. The average Bonchev–Trinajstić information content (AvgIpc) is 3.48. The second-order valence-electron chi connectivity index (χ2n) is 6.86. The third-order valence-electron chi connectivity index (χ3n) is 4.95. The van der Waals surface area contributed by atoms with E-state index in [0.717, 1.165) is 21.8 Å². The van der Waals surface area contributed by atoms with Gasteiger partial charge in [0, 0.05) is 11.1 Å². The number of carbonyl (C=O) groups excluding carboxylic acids is 1. The van der Waals surface area contributed by atoms with E-state index in [1.165, 1.54) is 0 Å². The van der Waals surface area contributed by atoms with Crippen LogP contribution >= 0.6 is 11.3 Å². The van der Waals surface area contributed by atoms with Crippen LogP contribution in [0.3, 0.4) is 0 Å². The SMILES string of the molecule is O=C(c1ccccc1)c1c(-c2cccs2)nn(-c2ccccc2)c1-c1ccccc1. The van der Waals surface area contributed by atoms with Gasteiger partial charge in [-0.3, -0.25) is 4.79 Å². The maximum atomic E-state index is 13.8. The van der Waals surface area contributed by atoms with E-state index in [1.54, 1.807) is 11.3 Å². The van der Waals surface area contributed by atoms with Crippen molar-refractivity contribution >= 4 is 17.1 Å². The molecule has 0 atom stereocenters. The van der Waals surface area contributed by atoms with Gasteiger partial charge in [-0.05, 0) is 23.6 Å². The van der Waals surface area contributed by atoms with E-state index in [0.29, 0.717) is 16.8 Å². The molecular formula is C26H18N2OS. The van der Waals surface area contributed by atoms with Gasteiger partial charge in [0.1, 0.15) is 5.69 Å². The van der Waals surface area contributed by atoms with E-state index in [4.69, 9.17) is 5.10 Å². The van der Waals surface area contributed by atoms with Crippen LogP contribution in [0.2, 0.25) is 0 Å². The summed E-state index contributed by atoms with van der Waals surface area (Å²) in [7, 11) is 0. The van der Waals surface area contributed by atoms with E-state index >= 15 is 0 Å². The fourth-order valence-corrected chi connectivity index (χ4v) is 4.29. The van der Waals surface area contributed by atoms with Crippen LogP contribution in [0, 0.1) is 0 Å². The van der Waals surface area contributed by atoms with Crippen molar-refractivity contribution in [2.75, 3.05) is 0 Å². The highest BCUT2D eigenvalue weighted by Gasteiger charge is 2.27. The number of hydrogen-bond acceptors (Lipinski definition) is 3. The highest BCUT2D eigenvalue weighted by Crippen LogP contribution is 2.37. The lowest BCUT2D eigenvalue weighted by atomic mass is 9.97. The largest absolute Gasteiger partial charge is 0.288 e. The predicted octanol–water partition coefficient (Wildman–Crippen LogP) is 6.50. The van der Waals surface area contributed by atoms with E-state index in [-0.39, 0.29) is 5.78 Å². The maximum Gasteiger partial charge on any atom is 0.197 e. The third-order valence-corrected chi connectivity index (χ3v) is 5.83. The number of para-hydroxylation sites is 1. The standard InChI is InChI=1S/C26H18N2OS/c29-26(20-13-6-2-7-14-20)23-24(22-17-10-18-30-22)27-28(21-15-8-3-9-16-21)25(23)19-11-4-1-5-12-19/h1-18H. The first-order valence-electron chi connectivity index (χ1n) is 9.70. The monoisotopic (exact) mass is 406 g/mol. The molecule has 0 aliphatic carbocycles. The average molecular weight is 407 g/mol. The van der Waals surface area contributed by atoms with Gasteiger partial charge in [-0.1, -0.05) is 84.9 Å². The summed E-state index contributed by atoms with van der Waals surface area (Å²) in [6.07, 6.45) is 0. The third kappa shape index (κ3) is 3.27. The number of hydrogen-bond donors (Lipinski definition) is 0. The summed E-state index contributed by atoms with van der Waals surface area (Å²) in [5.41, 5.74) is 4.66. The molecule has 144 valence electrons. The summed E-state index contributed by atoms with van der Waals surface area (Å²) in [6.45, 7) is 0. The van der Waals surface area contributed by atoms with Crippen molar-refractivity contribution in [1.29, 1.82) is 0 Å². The van der Waals surface area contributed by atoms with Crippen LogP contribution in [0.25, 0.3) is 27.5 Å². The first-order chi connectivity index (χ1) is 14.8. The van der Waals surface area contributed by atoms with Crippen LogP contribution in [0.4, 0.5) is 0 Å². The highest BCUT2D eigenvalue weighted by molar-refractivity contribution is 7.13. The van der Waals surface area contributed by atoms with Crippen LogP contribution in [-0.2, 0) is 0 Å². The highest BCUT2D eigenvalue weighted by atomic mass is 32.1. The minimum absolute atomic E-state index is 0.0277. The fraction of sp³-hybridized carbons (Fsp3) is 0. The van der Waals surface area contributed by atoms with Gasteiger partial charge in [0.15, 0.2) is 5.78 Å². The molecule has 5 rings (SSSR count). The Hall–Kier alpha value is -3.76. The molecule has 0 bridgehead atoms. The van der Waals surface area contributed by atoms with E-state index in [2.05, 4.69) is 0 Å². The number of aromatic nitrogens is 2. The topological polar surface area (TPSA) is 34.9 Å². The Morgan fingerprint density at radius 2 is 1.37 bits per heavy atom. The zero-order valence-electron chi connectivity index (χ0n) is 16.1. The fourth-order valence-electron chi connectivity index (χ4n) is 3.57. The van der Waals surface area contributed by atoms with Gasteiger partial charge in [0.05, 0.1) is 21.8 Å². The number of rotatable bonds is 5. The summed E-state index contributed by atoms with van der Waals surface area (Å²) in [5, 5.41) is 6.96. The predicted molar refractivity (Wildman–Crippen MR) is 122 cm³/mol. The summed E-state index contributed by atoms with van der Waals surface area (Å²) in [4.78, 5) is 14.7. The van der Waals surface area contributed by atoms with Gasteiger partial charge in [-0.25, -0.2) is 4.68 Å². The lowest BCUT2D eigenvalue weighted by Gasteiger charge is -2.10. The molecule has 0 aliphatic heterocycles. The van der Waals surface area contributed by atoms with Gasteiger partial charge >= 0.3 is 0 Å². The van der Waals surface area contributed by atoms with Gasteiger partial charge in [0.2, 0.25) is 0 Å². The maximum absolute atomic E-state index is 13.8. The van der Waals surface area contributed by atoms with Crippen LogP contribution in [-0.4, -0.2) is 15.6 Å². The molecule has 5 aromatic rings. The Balaban J connectivity index is 1.85. The van der Waals surface area contributed by atoms with Crippen LogP contribution in [0.5, 0.6) is 0 Å². The molecule has 0 radical (unpaired) electrons. The van der Waals surface area contributed by atoms with Gasteiger partial charge in [-0.2, -0.15) is 5.10 Å². The number of carbonyl (C=O) groups is 1. The van der Waals surface area contributed by atoms with Crippen molar-refractivity contribution < 1.29 is 4.79 Å². The molecule has 0 spiro atoms. The van der Waals surface area contributed by atoms with Crippen LogP contribution in [0.1, 0.15) is 15.9 Å². The molecule has 3 nitrogen and oxygen atoms in total. The van der Waals surface area contributed by atoms with E-state index in [1.807, 2.05) is 113 Å². The van der Waals surface area contributed by atoms with Crippen molar-refractivity contribution in [3.05, 3.63) is 120 Å². The quantitative estimate of drug-likeness (QED) is 0.312. The molecule has 0 saturated carbocycles. The lowest BCUT2D eigenvalue weighted by Crippen LogP contribution is -2.05. The Morgan fingerprint density at radius 1 is 0.733 bits per heavy atom. The molecule has 0 fully saturated rings. The van der Waals surface area contributed by atoms with Gasteiger partial charge in [0.25, 0.3) is 0 Å². The second kappa shape index (κ2) is 7.93. The normalized spacial score (nSPS) is 10.8. The molecule has 30 heavy (non-hydrogen) atoms. The van der Waals surface area contributed by atoms with Crippen molar-refractivity contribution in [1.82, 2.24) is 9.78 Å². The first-order valence-corrected chi connectivity index (χ1v) is 10.6. The van der Waals surface area contributed by atoms with Crippen molar-refractivity contribution in [2.45, 2.75) is 0 Å². The Bertz CT molecular complexity index is 1280. The van der Waals surface area contributed by atoms with Crippen molar-refractivity contribution in [3.8, 4) is 27.5 Å². The summed E-state index contributed by atoms with van der Waals surface area (Å²) < 4.78 is 1.89. The number of benzene rings is 3. The van der Waals surface area contributed by atoms with E-state index in [9.17, 15) is 4.79 Å². The molecule has 0 amide bonds. The van der Waals surface area contributed by atoms with Crippen LogP contribution in [0.15, 0.2) is 109 Å². The van der Waals surface area contributed by atoms with Gasteiger partial charge < -0.3 is 0 Å². The summed E-state index contributed by atoms with van der Waals surface area (Å²) in [6, 6.07) is 33.4. The zero-order chi connectivity index (χ0) is 20.3. The number of thiophene rings is 1.